The molecule has 4 heteroatoms. The van der Waals surface area contributed by atoms with Crippen LogP contribution in [0.15, 0.2) is 48.5 Å². The zero-order chi connectivity index (χ0) is 15.9. The molecule has 22 heavy (non-hydrogen) atoms. The summed E-state index contributed by atoms with van der Waals surface area (Å²) < 4.78 is 10.8. The number of carbonyl (C=O) groups is 1. The van der Waals surface area contributed by atoms with Crippen molar-refractivity contribution < 1.29 is 14.3 Å². The molecule has 0 aliphatic rings. The summed E-state index contributed by atoms with van der Waals surface area (Å²) in [4.78, 5) is 12.0. The largest absolute Gasteiger partial charge is 0.496 e. The maximum absolute atomic E-state index is 12.0. The molecular weight excluding hydrogens is 278 g/mol. The van der Waals surface area contributed by atoms with Crippen LogP contribution >= 0.6 is 0 Å². The number of rotatable bonds is 6. The maximum atomic E-state index is 12.0. The lowest BCUT2D eigenvalue weighted by Gasteiger charge is -2.17. The van der Waals surface area contributed by atoms with E-state index < -0.39 is 0 Å². The quantitative estimate of drug-likeness (QED) is 0.890. The molecule has 1 N–H and O–H groups in total. The highest BCUT2D eigenvalue weighted by Gasteiger charge is 2.13. The number of methoxy groups -OCH3 is 1. The summed E-state index contributed by atoms with van der Waals surface area (Å²) in [6, 6.07) is 15.1. The highest BCUT2D eigenvalue weighted by Crippen LogP contribution is 2.24. The summed E-state index contributed by atoms with van der Waals surface area (Å²) in [6.45, 7) is 3.89. The molecule has 116 valence electrons. The van der Waals surface area contributed by atoms with E-state index in [1.165, 1.54) is 0 Å². The lowest BCUT2D eigenvalue weighted by atomic mass is 10.1. The summed E-state index contributed by atoms with van der Waals surface area (Å²) in [7, 11) is 1.62. The van der Waals surface area contributed by atoms with Crippen molar-refractivity contribution in [3.05, 3.63) is 59.7 Å². The van der Waals surface area contributed by atoms with E-state index in [2.05, 4.69) is 5.32 Å². The first-order chi connectivity index (χ1) is 10.6. The molecule has 0 aromatic heterocycles. The van der Waals surface area contributed by atoms with Crippen molar-refractivity contribution in [3.63, 3.8) is 0 Å². The van der Waals surface area contributed by atoms with Crippen LogP contribution in [0.4, 0.5) is 0 Å². The van der Waals surface area contributed by atoms with Gasteiger partial charge in [0.1, 0.15) is 11.5 Å². The van der Waals surface area contributed by atoms with Gasteiger partial charge >= 0.3 is 0 Å². The van der Waals surface area contributed by atoms with Crippen LogP contribution < -0.4 is 14.8 Å². The predicted molar refractivity (Wildman–Crippen MR) is 86.2 cm³/mol. The molecule has 0 radical (unpaired) electrons. The van der Waals surface area contributed by atoms with Gasteiger partial charge in [0.05, 0.1) is 13.2 Å². The first-order valence-corrected chi connectivity index (χ1v) is 7.22. The minimum atomic E-state index is -0.167. The molecule has 4 nitrogen and oxygen atoms in total. The lowest BCUT2D eigenvalue weighted by Crippen LogP contribution is -2.31. The van der Waals surface area contributed by atoms with Gasteiger partial charge in [0.25, 0.3) is 5.91 Å². The van der Waals surface area contributed by atoms with E-state index in [1.54, 1.807) is 7.11 Å². The van der Waals surface area contributed by atoms with Gasteiger partial charge < -0.3 is 14.8 Å². The molecule has 0 aliphatic heterocycles. The topological polar surface area (TPSA) is 47.6 Å². The molecule has 0 fully saturated rings. The van der Waals surface area contributed by atoms with E-state index in [9.17, 15) is 4.79 Å². The summed E-state index contributed by atoms with van der Waals surface area (Å²) in [5.41, 5.74) is 2.04. The van der Waals surface area contributed by atoms with Gasteiger partial charge in [-0.05, 0) is 37.6 Å². The van der Waals surface area contributed by atoms with Crippen LogP contribution in [0.3, 0.4) is 0 Å². The van der Waals surface area contributed by atoms with Crippen LogP contribution in [0.25, 0.3) is 0 Å². The second-order valence-electron chi connectivity index (χ2n) is 5.14. The molecule has 1 atom stereocenters. The van der Waals surface area contributed by atoms with E-state index in [0.717, 1.165) is 16.9 Å². The number of benzene rings is 2. The first kappa shape index (κ1) is 15.9. The maximum Gasteiger partial charge on any atom is 0.258 e. The van der Waals surface area contributed by atoms with E-state index >= 15 is 0 Å². The Hall–Kier alpha value is -2.49. The van der Waals surface area contributed by atoms with Crippen molar-refractivity contribution in [1.29, 1.82) is 0 Å². The standard InChI is InChI=1S/C18H21NO3/c1-13-7-6-8-15(11-13)22-12-18(20)19-14(2)16-9-4-5-10-17(16)21-3/h4-11,14H,12H2,1-3H3,(H,19,20). The Kier molecular flexibility index (Phi) is 5.42. The van der Waals surface area contributed by atoms with Crippen LogP contribution in [0.2, 0.25) is 0 Å². The van der Waals surface area contributed by atoms with Gasteiger partial charge in [0.15, 0.2) is 6.61 Å². The summed E-state index contributed by atoms with van der Waals surface area (Å²) in [5.74, 6) is 1.29. The van der Waals surface area contributed by atoms with Gasteiger partial charge in [-0.3, -0.25) is 4.79 Å². The molecular formula is C18H21NO3. The predicted octanol–water partition coefficient (Wildman–Crippen LogP) is 3.26. The molecule has 0 spiro atoms. The Morgan fingerprint density at radius 1 is 1.18 bits per heavy atom. The second kappa shape index (κ2) is 7.50. The van der Waals surface area contributed by atoms with Gasteiger partial charge in [-0.25, -0.2) is 0 Å². The normalized spacial score (nSPS) is 11.6. The summed E-state index contributed by atoms with van der Waals surface area (Å²) in [6.07, 6.45) is 0. The number of aryl methyl sites for hydroxylation is 1. The fraction of sp³-hybridized carbons (Fsp3) is 0.278. The Bertz CT molecular complexity index is 640. The fourth-order valence-corrected chi connectivity index (χ4v) is 2.24. The van der Waals surface area contributed by atoms with Crippen molar-refractivity contribution in [2.75, 3.05) is 13.7 Å². The minimum absolute atomic E-state index is 0.0110. The smallest absolute Gasteiger partial charge is 0.258 e. The van der Waals surface area contributed by atoms with Crippen molar-refractivity contribution in [2.45, 2.75) is 19.9 Å². The lowest BCUT2D eigenvalue weighted by molar-refractivity contribution is -0.123. The number of carbonyl (C=O) groups excluding carboxylic acids is 1. The third-order valence-electron chi connectivity index (χ3n) is 3.34. The van der Waals surface area contributed by atoms with Crippen LogP contribution in [0.1, 0.15) is 24.1 Å². The highest BCUT2D eigenvalue weighted by molar-refractivity contribution is 5.78. The molecule has 0 saturated heterocycles. The SMILES string of the molecule is COc1ccccc1C(C)NC(=O)COc1cccc(C)c1. The number of nitrogens with one attached hydrogen (secondary N) is 1. The van der Waals surface area contributed by atoms with E-state index in [1.807, 2.05) is 62.4 Å². The monoisotopic (exact) mass is 299 g/mol. The molecule has 2 rings (SSSR count). The average molecular weight is 299 g/mol. The molecule has 0 aliphatic carbocycles. The third kappa shape index (κ3) is 4.25. The number of amides is 1. The fourth-order valence-electron chi connectivity index (χ4n) is 2.24. The Balaban J connectivity index is 1.91. The van der Waals surface area contributed by atoms with Gasteiger partial charge in [0, 0.05) is 5.56 Å². The van der Waals surface area contributed by atoms with Crippen LogP contribution in [-0.4, -0.2) is 19.6 Å². The van der Waals surface area contributed by atoms with Crippen molar-refractivity contribution >= 4 is 5.91 Å². The third-order valence-corrected chi connectivity index (χ3v) is 3.34. The van der Waals surface area contributed by atoms with Crippen LogP contribution in [-0.2, 0) is 4.79 Å². The number of hydrogen-bond acceptors (Lipinski definition) is 3. The molecule has 2 aromatic carbocycles. The Morgan fingerprint density at radius 2 is 1.95 bits per heavy atom. The zero-order valence-corrected chi connectivity index (χ0v) is 13.1. The Labute approximate surface area is 131 Å². The molecule has 2 aromatic rings. The van der Waals surface area contributed by atoms with Gasteiger partial charge in [-0.1, -0.05) is 30.3 Å². The van der Waals surface area contributed by atoms with Crippen LogP contribution in [0, 0.1) is 6.92 Å². The number of para-hydroxylation sites is 1. The van der Waals surface area contributed by atoms with Gasteiger partial charge in [-0.15, -0.1) is 0 Å². The minimum Gasteiger partial charge on any atom is -0.496 e. The van der Waals surface area contributed by atoms with Crippen molar-refractivity contribution in [3.8, 4) is 11.5 Å². The first-order valence-electron chi connectivity index (χ1n) is 7.22. The highest BCUT2D eigenvalue weighted by atomic mass is 16.5. The molecule has 0 bridgehead atoms. The Morgan fingerprint density at radius 3 is 2.68 bits per heavy atom. The molecule has 1 unspecified atom stereocenters. The summed E-state index contributed by atoms with van der Waals surface area (Å²) in [5, 5.41) is 2.91. The molecule has 0 saturated carbocycles. The number of ether oxygens (including phenoxy) is 2. The van der Waals surface area contributed by atoms with Gasteiger partial charge in [0.2, 0.25) is 0 Å². The van der Waals surface area contributed by atoms with Crippen molar-refractivity contribution in [2.24, 2.45) is 0 Å². The van der Waals surface area contributed by atoms with Crippen LogP contribution in [0.5, 0.6) is 11.5 Å². The molecule has 0 heterocycles. The average Bonchev–Trinajstić information content (AvgIpc) is 2.53. The van der Waals surface area contributed by atoms with Gasteiger partial charge in [-0.2, -0.15) is 0 Å². The van der Waals surface area contributed by atoms with E-state index in [-0.39, 0.29) is 18.6 Å². The summed E-state index contributed by atoms with van der Waals surface area (Å²) >= 11 is 0. The van der Waals surface area contributed by atoms with E-state index in [4.69, 9.17) is 9.47 Å². The second-order valence-corrected chi connectivity index (χ2v) is 5.14. The molecule has 1 amide bonds. The van der Waals surface area contributed by atoms with E-state index in [0.29, 0.717) is 5.75 Å². The number of hydrogen-bond donors (Lipinski definition) is 1. The van der Waals surface area contributed by atoms with Crippen molar-refractivity contribution in [1.82, 2.24) is 5.32 Å². The zero-order valence-electron chi connectivity index (χ0n) is 13.1.